The highest BCUT2D eigenvalue weighted by Gasteiger charge is 2.25. The van der Waals surface area contributed by atoms with Gasteiger partial charge < -0.3 is 10.3 Å². The molecule has 1 fully saturated rings. The molecule has 0 amide bonds. The molecule has 1 aromatic carbocycles. The van der Waals surface area contributed by atoms with E-state index in [9.17, 15) is 4.79 Å². The van der Waals surface area contributed by atoms with Crippen LogP contribution in [0.15, 0.2) is 28.9 Å². The van der Waals surface area contributed by atoms with Crippen LogP contribution in [0.2, 0.25) is 0 Å². The van der Waals surface area contributed by atoms with Gasteiger partial charge in [0.25, 0.3) is 0 Å². The van der Waals surface area contributed by atoms with Gasteiger partial charge in [0.15, 0.2) is 5.78 Å². The number of hydrogen-bond acceptors (Lipinski definition) is 2. The van der Waals surface area contributed by atoms with Gasteiger partial charge in [-0.15, -0.1) is 0 Å². The molecule has 1 atom stereocenters. The maximum absolute atomic E-state index is 12.4. The van der Waals surface area contributed by atoms with Crippen LogP contribution in [0.25, 0.3) is 10.9 Å². The van der Waals surface area contributed by atoms with E-state index in [1.165, 1.54) is 0 Å². The molecule has 0 saturated carbocycles. The first kappa shape index (κ1) is 11.0. The number of Topliss-reactive ketones (excluding diaryl/α,β-unsaturated/α-hetero) is 1. The van der Waals surface area contributed by atoms with Gasteiger partial charge >= 0.3 is 0 Å². The second-order valence-corrected chi connectivity index (χ2v) is 5.23. The summed E-state index contributed by atoms with van der Waals surface area (Å²) >= 11 is 3.51. The third-order valence-corrected chi connectivity index (χ3v) is 3.96. The molecule has 2 heterocycles. The third-order valence-electron chi connectivity index (χ3n) is 3.30. The molecule has 0 bridgehead atoms. The number of aromatic nitrogens is 1. The number of aromatic amines is 1. The molecule has 1 unspecified atom stereocenters. The quantitative estimate of drug-likeness (QED) is 0.836. The SMILES string of the molecule is O=C(c1c[nH]c2cccc(Br)c12)C1CCCN1. The summed E-state index contributed by atoms with van der Waals surface area (Å²) in [5, 5.41) is 4.24. The molecule has 2 N–H and O–H groups in total. The first-order valence-electron chi connectivity index (χ1n) is 5.80. The number of halogens is 1. The number of rotatable bonds is 2. The molecule has 2 aromatic rings. The Bertz CT molecular complexity index is 570. The predicted octanol–water partition coefficient (Wildman–Crippen LogP) is 2.87. The predicted molar refractivity (Wildman–Crippen MR) is 71.4 cm³/mol. The number of nitrogens with one attached hydrogen (secondary N) is 2. The van der Waals surface area contributed by atoms with Gasteiger partial charge in [-0.2, -0.15) is 0 Å². The van der Waals surface area contributed by atoms with Crippen molar-refractivity contribution in [3.63, 3.8) is 0 Å². The molecule has 1 saturated heterocycles. The number of ketones is 1. The van der Waals surface area contributed by atoms with Gasteiger partial charge in [-0.05, 0) is 31.5 Å². The van der Waals surface area contributed by atoms with Gasteiger partial charge in [0.2, 0.25) is 0 Å². The summed E-state index contributed by atoms with van der Waals surface area (Å²) in [6.07, 6.45) is 3.84. The van der Waals surface area contributed by atoms with Crippen molar-refractivity contribution in [2.24, 2.45) is 0 Å². The molecular weight excluding hydrogens is 280 g/mol. The topological polar surface area (TPSA) is 44.9 Å². The molecule has 0 aliphatic carbocycles. The van der Waals surface area contributed by atoms with E-state index in [0.29, 0.717) is 0 Å². The Morgan fingerprint density at radius 2 is 2.29 bits per heavy atom. The van der Waals surface area contributed by atoms with Crippen LogP contribution in [0, 0.1) is 0 Å². The van der Waals surface area contributed by atoms with E-state index in [-0.39, 0.29) is 11.8 Å². The summed E-state index contributed by atoms with van der Waals surface area (Å²) in [6.45, 7) is 0.944. The lowest BCUT2D eigenvalue weighted by Gasteiger charge is -2.08. The fourth-order valence-corrected chi connectivity index (χ4v) is 3.01. The Labute approximate surface area is 108 Å². The van der Waals surface area contributed by atoms with E-state index >= 15 is 0 Å². The number of benzene rings is 1. The zero-order chi connectivity index (χ0) is 11.8. The van der Waals surface area contributed by atoms with E-state index < -0.39 is 0 Å². The zero-order valence-electron chi connectivity index (χ0n) is 9.29. The van der Waals surface area contributed by atoms with E-state index in [0.717, 1.165) is 40.3 Å². The molecule has 0 radical (unpaired) electrons. The van der Waals surface area contributed by atoms with Crippen molar-refractivity contribution in [3.8, 4) is 0 Å². The standard InChI is InChI=1S/C13H13BrN2O/c14-9-3-1-4-10-12(9)8(7-16-10)13(17)11-5-2-6-15-11/h1,3-4,7,11,15-16H,2,5-6H2. The lowest BCUT2D eigenvalue weighted by molar-refractivity contribution is 0.0954. The summed E-state index contributed by atoms with van der Waals surface area (Å²) in [6, 6.07) is 5.90. The summed E-state index contributed by atoms with van der Waals surface area (Å²) in [5.74, 6) is 0.195. The minimum absolute atomic E-state index is 0.0129. The Hall–Kier alpha value is -1.13. The van der Waals surface area contributed by atoms with Crippen LogP contribution < -0.4 is 5.32 Å². The van der Waals surface area contributed by atoms with Gasteiger partial charge in [0.05, 0.1) is 6.04 Å². The Kier molecular flexibility index (Phi) is 2.76. The van der Waals surface area contributed by atoms with E-state index in [1.54, 1.807) is 0 Å². The Morgan fingerprint density at radius 3 is 3.06 bits per heavy atom. The highest BCUT2D eigenvalue weighted by Crippen LogP contribution is 2.28. The van der Waals surface area contributed by atoms with Crippen molar-refractivity contribution in [1.29, 1.82) is 0 Å². The molecule has 17 heavy (non-hydrogen) atoms. The van der Waals surface area contributed by atoms with Crippen molar-refractivity contribution < 1.29 is 4.79 Å². The van der Waals surface area contributed by atoms with Crippen molar-refractivity contribution in [2.75, 3.05) is 6.54 Å². The molecule has 3 rings (SSSR count). The minimum atomic E-state index is -0.0129. The number of carbonyl (C=O) groups is 1. The molecular formula is C13H13BrN2O. The van der Waals surface area contributed by atoms with Crippen LogP contribution in [0.4, 0.5) is 0 Å². The molecule has 4 heteroatoms. The summed E-state index contributed by atoms with van der Waals surface area (Å²) in [4.78, 5) is 15.5. The normalized spacial score (nSPS) is 19.9. The lowest BCUT2D eigenvalue weighted by atomic mass is 10.0. The monoisotopic (exact) mass is 292 g/mol. The molecule has 3 nitrogen and oxygen atoms in total. The molecule has 1 aliphatic heterocycles. The van der Waals surface area contributed by atoms with Crippen LogP contribution in [0.1, 0.15) is 23.2 Å². The van der Waals surface area contributed by atoms with E-state index in [4.69, 9.17) is 0 Å². The largest absolute Gasteiger partial charge is 0.360 e. The second kappa shape index (κ2) is 4.27. The maximum atomic E-state index is 12.4. The van der Waals surface area contributed by atoms with Crippen molar-refractivity contribution in [1.82, 2.24) is 10.3 Å². The average Bonchev–Trinajstić information content (AvgIpc) is 2.98. The number of H-pyrrole nitrogens is 1. The fraction of sp³-hybridized carbons (Fsp3) is 0.308. The van der Waals surface area contributed by atoms with E-state index in [1.807, 2.05) is 24.4 Å². The molecule has 0 spiro atoms. The molecule has 88 valence electrons. The van der Waals surface area contributed by atoms with Crippen LogP contribution in [0.3, 0.4) is 0 Å². The highest BCUT2D eigenvalue weighted by atomic mass is 79.9. The summed E-state index contributed by atoms with van der Waals surface area (Å²) in [7, 11) is 0. The van der Waals surface area contributed by atoms with Gasteiger partial charge in [-0.1, -0.05) is 22.0 Å². The number of fused-ring (bicyclic) bond motifs is 1. The van der Waals surface area contributed by atoms with Gasteiger partial charge in [0.1, 0.15) is 0 Å². The fourth-order valence-electron chi connectivity index (χ4n) is 2.43. The van der Waals surface area contributed by atoms with Crippen molar-refractivity contribution in [3.05, 3.63) is 34.4 Å². The number of carbonyl (C=O) groups excluding carboxylic acids is 1. The number of hydrogen-bond donors (Lipinski definition) is 2. The van der Waals surface area contributed by atoms with Crippen LogP contribution in [0.5, 0.6) is 0 Å². The first-order chi connectivity index (χ1) is 8.27. The van der Waals surface area contributed by atoms with Crippen molar-refractivity contribution in [2.45, 2.75) is 18.9 Å². The highest BCUT2D eigenvalue weighted by molar-refractivity contribution is 9.10. The lowest BCUT2D eigenvalue weighted by Crippen LogP contribution is -2.30. The smallest absolute Gasteiger partial charge is 0.181 e. The van der Waals surface area contributed by atoms with Gasteiger partial charge in [0, 0.05) is 27.1 Å². The zero-order valence-corrected chi connectivity index (χ0v) is 10.9. The first-order valence-corrected chi connectivity index (χ1v) is 6.60. The van der Waals surface area contributed by atoms with Crippen LogP contribution in [-0.2, 0) is 0 Å². The second-order valence-electron chi connectivity index (χ2n) is 4.38. The Balaban J connectivity index is 2.08. The Morgan fingerprint density at radius 1 is 1.41 bits per heavy atom. The van der Waals surface area contributed by atoms with Crippen LogP contribution >= 0.6 is 15.9 Å². The maximum Gasteiger partial charge on any atom is 0.181 e. The van der Waals surface area contributed by atoms with Gasteiger partial charge in [-0.25, -0.2) is 0 Å². The average molecular weight is 293 g/mol. The van der Waals surface area contributed by atoms with Crippen molar-refractivity contribution >= 4 is 32.6 Å². The molecule has 1 aromatic heterocycles. The minimum Gasteiger partial charge on any atom is -0.360 e. The molecule has 1 aliphatic rings. The third kappa shape index (κ3) is 1.81. The van der Waals surface area contributed by atoms with Gasteiger partial charge in [-0.3, -0.25) is 4.79 Å². The summed E-state index contributed by atoms with van der Waals surface area (Å²) in [5.41, 5.74) is 1.78. The van der Waals surface area contributed by atoms with Crippen LogP contribution in [-0.4, -0.2) is 23.4 Å². The van der Waals surface area contributed by atoms with E-state index in [2.05, 4.69) is 26.2 Å². The summed E-state index contributed by atoms with van der Waals surface area (Å²) < 4.78 is 0.970.